The van der Waals surface area contributed by atoms with Crippen LogP contribution in [0, 0.1) is 29.6 Å². The van der Waals surface area contributed by atoms with Gasteiger partial charge >= 0.3 is 18.1 Å². The van der Waals surface area contributed by atoms with Gasteiger partial charge in [0, 0.05) is 59.9 Å². The number of methoxy groups -OCH3 is 2. The number of aliphatic carboxylic acids is 1. The summed E-state index contributed by atoms with van der Waals surface area (Å²) in [6.45, 7) is 19.1. The van der Waals surface area contributed by atoms with Crippen molar-refractivity contribution in [1.82, 2.24) is 41.3 Å². The predicted octanol–water partition coefficient (Wildman–Crippen LogP) is 3.51. The highest BCUT2D eigenvalue weighted by Gasteiger charge is 2.44. The van der Waals surface area contributed by atoms with Gasteiger partial charge in [-0.25, -0.2) is 20.3 Å². The van der Waals surface area contributed by atoms with Crippen LogP contribution in [0.3, 0.4) is 0 Å². The number of hydrogen-bond acceptors (Lipinski definition) is 19. The Labute approximate surface area is 583 Å². The van der Waals surface area contributed by atoms with Crippen molar-refractivity contribution in [2.45, 2.75) is 175 Å². The molecule has 0 bridgehead atoms. The Morgan fingerprint density at radius 2 is 1.24 bits per heavy atom. The van der Waals surface area contributed by atoms with Crippen LogP contribution in [-0.4, -0.2) is 235 Å². The molecule has 11 N–H and O–H groups in total. The number of primary amides is 1. The number of carboxylic acid groups (broad SMARTS) is 1. The average molecular weight is 1400 g/mol. The summed E-state index contributed by atoms with van der Waals surface area (Å²) in [5.74, 6) is -2.07. The molecular weight excluding hydrogens is 1290 g/mol. The van der Waals surface area contributed by atoms with Crippen LogP contribution < -0.4 is 43.5 Å². The fraction of sp³-hybridized carbons (Fsp3) is 0.681. The molecule has 10 amide bonds. The zero-order chi connectivity index (χ0) is 73.7. The number of likely N-dealkylation sites (tertiary alicyclic amines) is 1. The van der Waals surface area contributed by atoms with E-state index < -0.39 is 126 Å². The SMILES string of the molecule is CC[C@H](C)[C@@H]([C@@H](CC(=O)N1CCC[C@H]1[C@H](OC)[C@@H](C)C(=O)N[C@@H](Cc1ccccc1)C(=O)O)OC)N(C)C(=O)[C@@H](NC(=O)C(C(C)C)N(C)C(=O)OCc1ccc(NC(=O)[C@H](CCCNC(N)=O)NC(=O)C(NC(=O)CCOCCOCCOCCOCCON)C(C)C)cc1)C(C)C. The molecule has 0 saturated carbocycles. The fourth-order valence-corrected chi connectivity index (χ4v) is 11.7. The molecule has 0 aliphatic carbocycles. The number of amides is 10. The first-order chi connectivity index (χ1) is 47.1. The molecule has 0 aromatic heterocycles. The topological polar surface area (TPSA) is 399 Å². The highest BCUT2D eigenvalue weighted by Crippen LogP contribution is 2.30. The third-order valence-electron chi connectivity index (χ3n) is 17.4. The Balaban J connectivity index is 1.64. The molecule has 1 saturated heterocycles. The van der Waals surface area contributed by atoms with E-state index in [1.54, 1.807) is 109 Å². The molecule has 1 aliphatic heterocycles. The molecule has 558 valence electrons. The number of likely N-dealkylation sites (N-methyl/N-ethyl adjacent to an activating group) is 2. The number of hydrogen-bond donors (Lipinski definition) is 9. The first-order valence-corrected chi connectivity index (χ1v) is 34.2. The van der Waals surface area contributed by atoms with E-state index in [1.165, 1.54) is 31.1 Å². The normalized spacial score (nSPS) is 16.1. The zero-order valence-corrected chi connectivity index (χ0v) is 60.2. The Bertz CT molecular complexity index is 2800. The molecule has 2 aromatic rings. The van der Waals surface area contributed by atoms with Gasteiger partial charge in [0.15, 0.2) is 0 Å². The molecule has 11 atom stereocenters. The lowest BCUT2D eigenvalue weighted by Gasteiger charge is -2.41. The first kappa shape index (κ1) is 85.6. The zero-order valence-electron chi connectivity index (χ0n) is 60.2. The highest BCUT2D eigenvalue weighted by atomic mass is 16.6. The van der Waals surface area contributed by atoms with Gasteiger partial charge in [-0.05, 0) is 72.6 Å². The monoisotopic (exact) mass is 1400 g/mol. The second kappa shape index (κ2) is 46.0. The lowest BCUT2D eigenvalue weighted by Crippen LogP contribution is -2.60. The van der Waals surface area contributed by atoms with Gasteiger partial charge in [0.1, 0.15) is 36.8 Å². The predicted molar refractivity (Wildman–Crippen MR) is 368 cm³/mol. The van der Waals surface area contributed by atoms with Crippen molar-refractivity contribution >= 4 is 65.1 Å². The largest absolute Gasteiger partial charge is 0.480 e. The van der Waals surface area contributed by atoms with E-state index in [9.17, 15) is 53.1 Å². The minimum absolute atomic E-state index is 0.0450. The van der Waals surface area contributed by atoms with Crippen LogP contribution in [0.1, 0.15) is 118 Å². The molecule has 0 radical (unpaired) electrons. The number of carboxylic acids is 1. The number of benzene rings is 2. The molecule has 30 heteroatoms. The summed E-state index contributed by atoms with van der Waals surface area (Å²) >= 11 is 0. The quantitative estimate of drug-likeness (QED) is 0.0338. The van der Waals surface area contributed by atoms with E-state index in [1.807, 2.05) is 19.9 Å². The van der Waals surface area contributed by atoms with Crippen LogP contribution >= 0.6 is 0 Å². The maximum absolute atomic E-state index is 14.8. The molecular formula is C69H113N11O19. The van der Waals surface area contributed by atoms with Gasteiger partial charge in [0.05, 0.1) is 96.1 Å². The van der Waals surface area contributed by atoms with E-state index in [-0.39, 0.29) is 82.8 Å². The van der Waals surface area contributed by atoms with Gasteiger partial charge < -0.3 is 90.5 Å². The van der Waals surface area contributed by atoms with Gasteiger partial charge in [-0.2, -0.15) is 0 Å². The molecule has 2 unspecified atom stereocenters. The van der Waals surface area contributed by atoms with E-state index in [0.29, 0.717) is 76.7 Å². The molecule has 1 heterocycles. The molecule has 2 aromatic carbocycles. The Hall–Kier alpha value is -7.58. The number of anilines is 1. The van der Waals surface area contributed by atoms with Crippen LogP contribution in [0.25, 0.3) is 0 Å². The van der Waals surface area contributed by atoms with Crippen molar-refractivity contribution < 1.29 is 91.0 Å². The van der Waals surface area contributed by atoms with Crippen LogP contribution in [-0.2, 0) is 89.4 Å². The van der Waals surface area contributed by atoms with Gasteiger partial charge in [-0.15, -0.1) is 0 Å². The number of carbonyl (C=O) groups excluding carboxylic acids is 9. The molecule has 0 spiro atoms. The van der Waals surface area contributed by atoms with Crippen molar-refractivity contribution in [3.05, 3.63) is 65.7 Å². The van der Waals surface area contributed by atoms with E-state index >= 15 is 0 Å². The smallest absolute Gasteiger partial charge is 0.410 e. The maximum Gasteiger partial charge on any atom is 0.410 e. The third kappa shape index (κ3) is 29.6. The maximum atomic E-state index is 14.8. The van der Waals surface area contributed by atoms with E-state index in [4.69, 9.17) is 44.8 Å². The van der Waals surface area contributed by atoms with Crippen LogP contribution in [0.4, 0.5) is 15.3 Å². The summed E-state index contributed by atoms with van der Waals surface area (Å²) in [7, 11) is 5.97. The molecule has 3 rings (SSSR count). The summed E-state index contributed by atoms with van der Waals surface area (Å²) in [6.07, 6.45) is -0.447. The Morgan fingerprint density at radius 3 is 1.78 bits per heavy atom. The lowest BCUT2D eigenvalue weighted by atomic mass is 9.89. The summed E-state index contributed by atoms with van der Waals surface area (Å²) in [6, 6.07) is 7.90. The second-order valence-corrected chi connectivity index (χ2v) is 25.8. The number of nitrogens with one attached hydrogen (secondary N) is 6. The van der Waals surface area contributed by atoms with Crippen molar-refractivity contribution in [3.8, 4) is 0 Å². The van der Waals surface area contributed by atoms with Gasteiger partial charge in [-0.1, -0.05) is 111 Å². The average Bonchev–Trinajstić information content (AvgIpc) is 1.40. The number of nitrogens with two attached hydrogens (primary N) is 2. The van der Waals surface area contributed by atoms with Crippen LogP contribution in [0.15, 0.2) is 54.6 Å². The van der Waals surface area contributed by atoms with Gasteiger partial charge in [-0.3, -0.25) is 38.5 Å². The molecule has 30 nitrogen and oxygen atoms in total. The summed E-state index contributed by atoms with van der Waals surface area (Å²) in [5.41, 5.74) is 6.85. The van der Waals surface area contributed by atoms with Gasteiger partial charge in [0.2, 0.25) is 41.4 Å². The summed E-state index contributed by atoms with van der Waals surface area (Å²) in [4.78, 5) is 144. The van der Waals surface area contributed by atoms with E-state index in [0.717, 1.165) is 5.56 Å². The summed E-state index contributed by atoms with van der Waals surface area (Å²) in [5, 5.41) is 26.4. The minimum Gasteiger partial charge on any atom is -0.480 e. The Morgan fingerprint density at radius 1 is 0.657 bits per heavy atom. The molecule has 99 heavy (non-hydrogen) atoms. The van der Waals surface area contributed by atoms with E-state index in [2.05, 4.69) is 36.7 Å². The first-order valence-electron chi connectivity index (χ1n) is 34.2. The number of carbonyl (C=O) groups is 10. The lowest BCUT2D eigenvalue weighted by molar-refractivity contribution is -0.148. The molecule has 1 aliphatic rings. The highest BCUT2D eigenvalue weighted by molar-refractivity contribution is 5.98. The third-order valence-corrected chi connectivity index (χ3v) is 17.4. The van der Waals surface area contributed by atoms with Crippen molar-refractivity contribution in [1.29, 1.82) is 0 Å². The van der Waals surface area contributed by atoms with Crippen LogP contribution in [0.5, 0.6) is 0 Å². The minimum atomic E-state index is -1.19. The van der Waals surface area contributed by atoms with Crippen molar-refractivity contribution in [2.24, 2.45) is 41.2 Å². The number of nitrogens with zero attached hydrogens (tertiary/aromatic N) is 3. The van der Waals surface area contributed by atoms with Crippen molar-refractivity contribution in [3.63, 3.8) is 0 Å². The molecule has 1 fully saturated rings. The Kier molecular flexibility index (Phi) is 39.8. The number of urea groups is 1. The standard InChI is InChI=1S/C69H113N11O19/c1-14-46(8)60(54(92-12)41-56(82)80-30-19-23-53(80)61(93-13)47(9)62(83)75-52(67(88)89)40-48-20-16-15-17-21-48)78(10)66(87)58(44(4)5)77-65(86)59(45(6)7)79(11)69(91)98-42-49-24-26-50(27-25-49)73-63(84)51(22-18-29-72-68(70)90)74-64(85)57(43(2)3)76-55(81)28-31-94-32-33-95-34-35-96-36-37-97-38-39-99-71/h15-17,20-21,24-27,43-47,51-54,57-61H,14,18-19,22-23,28-42,71H2,1-13H3,(H,73,84)(H,74,85)(H,75,83)(H,76,81)(H,77,86)(H,88,89)(H3,70,72,90)/t46-,47+,51-,52-,53-,54+,57?,58-,59?,60-,61+/m0/s1. The number of ether oxygens (including phenoxy) is 7. The second-order valence-electron chi connectivity index (χ2n) is 25.8. The summed E-state index contributed by atoms with van der Waals surface area (Å²) < 4.78 is 39.4. The fourth-order valence-electron chi connectivity index (χ4n) is 11.7. The van der Waals surface area contributed by atoms with Crippen molar-refractivity contribution in [2.75, 3.05) is 106 Å². The van der Waals surface area contributed by atoms with Gasteiger partial charge in [0.25, 0.3) is 0 Å². The number of rotatable bonds is 48. The van der Waals surface area contributed by atoms with Crippen LogP contribution in [0.2, 0.25) is 0 Å².